The van der Waals surface area contributed by atoms with Gasteiger partial charge in [0.05, 0.1) is 5.52 Å². The Labute approximate surface area is 95.3 Å². The number of aromatic nitrogens is 1. The third kappa shape index (κ3) is 2.27. The molecule has 0 fully saturated rings. The van der Waals surface area contributed by atoms with Crippen molar-refractivity contribution in [3.05, 3.63) is 42.1 Å². The first-order valence-corrected chi connectivity index (χ1v) is 5.51. The number of carbonyl (C=O) groups is 1. The van der Waals surface area contributed by atoms with Gasteiger partial charge in [0, 0.05) is 17.5 Å². The molecule has 1 unspecified atom stereocenters. The van der Waals surface area contributed by atoms with Crippen molar-refractivity contribution in [1.82, 2.24) is 4.98 Å². The number of carbonyl (C=O) groups excluding carboxylic acids is 1. The summed E-state index contributed by atoms with van der Waals surface area (Å²) in [7, 11) is 0. The number of hydrogen-bond acceptors (Lipinski definition) is 2. The van der Waals surface area contributed by atoms with Gasteiger partial charge in [-0.25, -0.2) is 0 Å². The minimum absolute atomic E-state index is 0.0918. The second-order valence-corrected chi connectivity index (χ2v) is 4.25. The molecular weight excluding hydrogens is 198 g/mol. The summed E-state index contributed by atoms with van der Waals surface area (Å²) in [6, 6.07) is 10.2. The lowest BCUT2D eigenvalue weighted by molar-refractivity contribution is -0.120. The Morgan fingerprint density at radius 2 is 2.19 bits per heavy atom. The van der Waals surface area contributed by atoms with E-state index < -0.39 is 0 Å². The zero-order valence-electron chi connectivity index (χ0n) is 9.60. The first kappa shape index (κ1) is 10.8. The molecule has 1 aromatic heterocycles. The lowest BCUT2D eigenvalue weighted by Crippen LogP contribution is -2.09. The molecule has 1 heterocycles. The summed E-state index contributed by atoms with van der Waals surface area (Å²) in [6.45, 7) is 3.61. The van der Waals surface area contributed by atoms with E-state index >= 15 is 0 Å². The molecule has 82 valence electrons. The van der Waals surface area contributed by atoms with Crippen LogP contribution in [-0.4, -0.2) is 10.8 Å². The standard InChI is InChI=1S/C14H15NO/c1-10(11(2)16)8-12-5-6-14-13(9-12)4-3-7-15-14/h3-7,9-10H,8H2,1-2H3. The summed E-state index contributed by atoms with van der Waals surface area (Å²) in [4.78, 5) is 15.5. The van der Waals surface area contributed by atoms with Crippen LogP contribution in [0.3, 0.4) is 0 Å². The number of hydrogen-bond donors (Lipinski definition) is 0. The number of rotatable bonds is 3. The Morgan fingerprint density at radius 1 is 1.38 bits per heavy atom. The van der Waals surface area contributed by atoms with E-state index in [1.54, 1.807) is 13.1 Å². The van der Waals surface area contributed by atoms with Gasteiger partial charge in [0.15, 0.2) is 0 Å². The molecule has 1 aromatic carbocycles. The van der Waals surface area contributed by atoms with Crippen molar-refractivity contribution in [3.63, 3.8) is 0 Å². The van der Waals surface area contributed by atoms with Crippen LogP contribution < -0.4 is 0 Å². The van der Waals surface area contributed by atoms with Gasteiger partial charge in [0.2, 0.25) is 0 Å². The molecule has 0 N–H and O–H groups in total. The fourth-order valence-corrected chi connectivity index (χ4v) is 1.75. The van der Waals surface area contributed by atoms with Crippen molar-refractivity contribution in [2.45, 2.75) is 20.3 Å². The van der Waals surface area contributed by atoms with Crippen LogP contribution in [0.5, 0.6) is 0 Å². The van der Waals surface area contributed by atoms with Gasteiger partial charge in [-0.05, 0) is 37.1 Å². The molecule has 2 rings (SSSR count). The Bertz CT molecular complexity index is 519. The van der Waals surface area contributed by atoms with Crippen molar-refractivity contribution in [2.75, 3.05) is 0 Å². The molecular formula is C14H15NO. The molecule has 0 aliphatic heterocycles. The number of Topliss-reactive ketones (excluding diaryl/α,β-unsaturated/α-hetero) is 1. The van der Waals surface area contributed by atoms with Gasteiger partial charge in [0.25, 0.3) is 0 Å². The first-order chi connectivity index (χ1) is 7.66. The van der Waals surface area contributed by atoms with Crippen LogP contribution >= 0.6 is 0 Å². The summed E-state index contributed by atoms with van der Waals surface area (Å²) in [5, 5.41) is 1.13. The predicted octanol–water partition coefficient (Wildman–Crippen LogP) is 3.00. The molecule has 0 radical (unpaired) electrons. The number of ketones is 1. The van der Waals surface area contributed by atoms with E-state index in [0.717, 1.165) is 17.3 Å². The molecule has 0 amide bonds. The van der Waals surface area contributed by atoms with Gasteiger partial charge < -0.3 is 0 Å². The summed E-state index contributed by atoms with van der Waals surface area (Å²) >= 11 is 0. The second-order valence-electron chi connectivity index (χ2n) is 4.25. The van der Waals surface area contributed by atoms with E-state index in [9.17, 15) is 4.79 Å². The van der Waals surface area contributed by atoms with Crippen molar-refractivity contribution in [2.24, 2.45) is 5.92 Å². The third-order valence-corrected chi connectivity index (χ3v) is 2.90. The van der Waals surface area contributed by atoms with Crippen molar-refractivity contribution < 1.29 is 4.79 Å². The van der Waals surface area contributed by atoms with Gasteiger partial charge in [0.1, 0.15) is 5.78 Å². The van der Waals surface area contributed by atoms with Crippen LogP contribution in [0.25, 0.3) is 10.9 Å². The molecule has 0 saturated carbocycles. The minimum Gasteiger partial charge on any atom is -0.300 e. The first-order valence-electron chi connectivity index (χ1n) is 5.51. The van der Waals surface area contributed by atoms with E-state index in [4.69, 9.17) is 0 Å². The van der Waals surface area contributed by atoms with E-state index in [2.05, 4.69) is 17.1 Å². The van der Waals surface area contributed by atoms with Crippen LogP contribution in [0.2, 0.25) is 0 Å². The van der Waals surface area contributed by atoms with E-state index in [1.165, 1.54) is 5.56 Å². The van der Waals surface area contributed by atoms with Crippen molar-refractivity contribution in [1.29, 1.82) is 0 Å². The van der Waals surface area contributed by atoms with Gasteiger partial charge in [-0.2, -0.15) is 0 Å². The summed E-state index contributed by atoms with van der Waals surface area (Å²) in [6.07, 6.45) is 2.60. The van der Waals surface area contributed by atoms with E-state index in [-0.39, 0.29) is 11.7 Å². The largest absolute Gasteiger partial charge is 0.300 e. The molecule has 0 aliphatic rings. The molecule has 1 atom stereocenters. The molecule has 16 heavy (non-hydrogen) atoms. The van der Waals surface area contributed by atoms with Crippen LogP contribution in [0.15, 0.2) is 36.5 Å². The lowest BCUT2D eigenvalue weighted by atomic mass is 9.97. The highest BCUT2D eigenvalue weighted by molar-refractivity contribution is 5.80. The molecule has 2 aromatic rings. The summed E-state index contributed by atoms with van der Waals surface area (Å²) < 4.78 is 0. The smallest absolute Gasteiger partial charge is 0.132 e. The molecule has 0 bridgehead atoms. The van der Waals surface area contributed by atoms with E-state index in [1.807, 2.05) is 25.1 Å². The highest BCUT2D eigenvalue weighted by Gasteiger charge is 2.08. The van der Waals surface area contributed by atoms with Crippen LogP contribution in [0, 0.1) is 5.92 Å². The van der Waals surface area contributed by atoms with Crippen molar-refractivity contribution >= 4 is 16.7 Å². The maximum absolute atomic E-state index is 11.2. The average Bonchev–Trinajstić information content (AvgIpc) is 2.28. The SMILES string of the molecule is CC(=O)C(C)Cc1ccc2ncccc2c1. The van der Waals surface area contributed by atoms with Gasteiger partial charge >= 0.3 is 0 Å². The van der Waals surface area contributed by atoms with Crippen molar-refractivity contribution in [3.8, 4) is 0 Å². The monoisotopic (exact) mass is 213 g/mol. The van der Waals surface area contributed by atoms with E-state index in [0.29, 0.717) is 0 Å². The van der Waals surface area contributed by atoms with Gasteiger partial charge in [-0.15, -0.1) is 0 Å². The Hall–Kier alpha value is -1.70. The van der Waals surface area contributed by atoms with Crippen LogP contribution in [0.1, 0.15) is 19.4 Å². The maximum Gasteiger partial charge on any atom is 0.132 e. The minimum atomic E-state index is 0.0918. The normalized spacial score (nSPS) is 12.6. The fraction of sp³-hybridized carbons (Fsp3) is 0.286. The maximum atomic E-state index is 11.2. The topological polar surface area (TPSA) is 30.0 Å². The molecule has 0 saturated heterocycles. The third-order valence-electron chi connectivity index (χ3n) is 2.90. The zero-order chi connectivity index (χ0) is 11.5. The molecule has 0 spiro atoms. The van der Waals surface area contributed by atoms with Crippen LogP contribution in [-0.2, 0) is 11.2 Å². The van der Waals surface area contributed by atoms with Gasteiger partial charge in [-0.1, -0.05) is 19.1 Å². The predicted molar refractivity (Wildman–Crippen MR) is 65.3 cm³/mol. The zero-order valence-corrected chi connectivity index (χ0v) is 9.60. The van der Waals surface area contributed by atoms with Gasteiger partial charge in [-0.3, -0.25) is 9.78 Å². The highest BCUT2D eigenvalue weighted by atomic mass is 16.1. The van der Waals surface area contributed by atoms with Crippen LogP contribution in [0.4, 0.5) is 0 Å². The summed E-state index contributed by atoms with van der Waals surface area (Å²) in [5.74, 6) is 0.334. The number of fused-ring (bicyclic) bond motifs is 1. The molecule has 2 nitrogen and oxygen atoms in total. The number of benzene rings is 1. The lowest BCUT2D eigenvalue weighted by Gasteiger charge is -2.08. The highest BCUT2D eigenvalue weighted by Crippen LogP contribution is 2.16. The Kier molecular flexibility index (Phi) is 3.00. The number of nitrogens with zero attached hydrogens (tertiary/aromatic N) is 1. The second kappa shape index (κ2) is 4.44. The molecule has 2 heteroatoms. The Morgan fingerprint density at radius 3 is 2.94 bits per heavy atom. The average molecular weight is 213 g/mol. The number of pyridine rings is 1. The quantitative estimate of drug-likeness (QED) is 0.784. The fourth-order valence-electron chi connectivity index (χ4n) is 1.75. The summed E-state index contributed by atoms with van der Waals surface area (Å²) in [5.41, 5.74) is 2.20. The molecule has 0 aliphatic carbocycles. The Balaban J connectivity index is 2.29.